The van der Waals surface area contributed by atoms with E-state index in [9.17, 15) is 19.2 Å². The second kappa shape index (κ2) is 9.09. The smallest absolute Gasteiger partial charge is 0.341 e. The third kappa shape index (κ3) is 4.48. The minimum absolute atomic E-state index is 0.124. The van der Waals surface area contributed by atoms with Crippen LogP contribution < -0.4 is 16.2 Å². The predicted octanol–water partition coefficient (Wildman–Crippen LogP) is 2.25. The molecule has 2 N–H and O–H groups in total. The van der Waals surface area contributed by atoms with Crippen LogP contribution in [0.25, 0.3) is 10.9 Å². The van der Waals surface area contributed by atoms with Gasteiger partial charge < -0.3 is 15.4 Å². The summed E-state index contributed by atoms with van der Waals surface area (Å²) in [5.41, 5.74) is 1.64. The van der Waals surface area contributed by atoms with Crippen LogP contribution >= 0.6 is 11.3 Å². The maximum Gasteiger partial charge on any atom is 0.341 e. The summed E-state index contributed by atoms with van der Waals surface area (Å²) < 4.78 is 6.27. The van der Waals surface area contributed by atoms with E-state index in [-0.39, 0.29) is 35.2 Å². The van der Waals surface area contributed by atoms with Gasteiger partial charge in [-0.1, -0.05) is 11.6 Å². The second-order valence-corrected chi connectivity index (χ2v) is 7.83. The molecule has 3 rings (SSSR count). The molecule has 9 nitrogen and oxygen atoms in total. The first-order chi connectivity index (χ1) is 14.8. The number of ether oxygens (including phenoxy) is 1. The molecule has 0 unspecified atom stereocenters. The molecule has 0 spiro atoms. The van der Waals surface area contributed by atoms with E-state index >= 15 is 0 Å². The maximum atomic E-state index is 12.7. The quantitative estimate of drug-likeness (QED) is 0.565. The molecule has 31 heavy (non-hydrogen) atoms. The van der Waals surface area contributed by atoms with E-state index in [4.69, 9.17) is 4.74 Å². The van der Waals surface area contributed by atoms with Crippen molar-refractivity contribution in [2.45, 2.75) is 27.3 Å². The Balaban J connectivity index is 1.92. The highest BCUT2D eigenvalue weighted by Crippen LogP contribution is 2.33. The lowest BCUT2D eigenvalue weighted by Crippen LogP contribution is -2.28. The Morgan fingerprint density at radius 2 is 1.97 bits per heavy atom. The van der Waals surface area contributed by atoms with Crippen molar-refractivity contribution >= 4 is 45.0 Å². The molecule has 1 aromatic carbocycles. The molecule has 0 fully saturated rings. The third-order valence-corrected chi connectivity index (χ3v) is 5.81. The van der Waals surface area contributed by atoms with Gasteiger partial charge in [0, 0.05) is 7.05 Å². The van der Waals surface area contributed by atoms with Crippen molar-refractivity contribution in [3.8, 4) is 0 Å². The van der Waals surface area contributed by atoms with Crippen LogP contribution in [0.4, 0.5) is 5.00 Å². The van der Waals surface area contributed by atoms with Crippen LogP contribution in [0.1, 0.15) is 38.1 Å². The third-order valence-electron chi connectivity index (χ3n) is 4.61. The van der Waals surface area contributed by atoms with Gasteiger partial charge in [0.05, 0.1) is 34.3 Å². The first-order valence-corrected chi connectivity index (χ1v) is 10.4. The molecule has 162 valence electrons. The van der Waals surface area contributed by atoms with Gasteiger partial charge in [0.25, 0.3) is 11.5 Å². The molecule has 2 heterocycles. The van der Waals surface area contributed by atoms with Crippen LogP contribution in [-0.2, 0) is 16.1 Å². The van der Waals surface area contributed by atoms with E-state index < -0.39 is 11.9 Å². The summed E-state index contributed by atoms with van der Waals surface area (Å²) in [6.45, 7) is 4.99. The average molecular weight is 442 g/mol. The van der Waals surface area contributed by atoms with E-state index in [1.54, 1.807) is 26.0 Å². The molecule has 0 bridgehead atoms. The van der Waals surface area contributed by atoms with Crippen LogP contribution in [-0.4, -0.2) is 41.0 Å². The first-order valence-electron chi connectivity index (χ1n) is 9.55. The number of thiophene rings is 1. The fourth-order valence-corrected chi connectivity index (χ4v) is 4.24. The van der Waals surface area contributed by atoms with E-state index in [0.717, 1.165) is 16.9 Å². The number of carbonyl (C=O) groups is 3. The number of fused-ring (bicyclic) bond motifs is 1. The molecule has 0 saturated heterocycles. The Kier molecular flexibility index (Phi) is 6.50. The summed E-state index contributed by atoms with van der Waals surface area (Å²) in [5.74, 6) is -1.55. The molecular weight excluding hydrogens is 420 g/mol. The van der Waals surface area contributed by atoms with Crippen LogP contribution in [0.3, 0.4) is 0 Å². The Morgan fingerprint density at radius 1 is 1.23 bits per heavy atom. The topological polar surface area (TPSA) is 119 Å². The highest BCUT2D eigenvalue weighted by atomic mass is 32.1. The zero-order valence-corrected chi connectivity index (χ0v) is 18.4. The van der Waals surface area contributed by atoms with Crippen LogP contribution in [0.5, 0.6) is 0 Å². The van der Waals surface area contributed by atoms with Crippen molar-refractivity contribution in [1.29, 1.82) is 0 Å². The van der Waals surface area contributed by atoms with Gasteiger partial charge in [-0.3, -0.25) is 19.0 Å². The molecule has 10 heteroatoms. The number of aromatic nitrogens is 2. The maximum absolute atomic E-state index is 12.7. The number of rotatable bonds is 6. The largest absolute Gasteiger partial charge is 0.462 e. The van der Waals surface area contributed by atoms with Gasteiger partial charge in [0.2, 0.25) is 5.91 Å². The fraction of sp³-hybridized carbons (Fsp3) is 0.286. The van der Waals surface area contributed by atoms with Crippen LogP contribution in [0.15, 0.2) is 29.3 Å². The summed E-state index contributed by atoms with van der Waals surface area (Å²) in [4.78, 5) is 54.5. The summed E-state index contributed by atoms with van der Waals surface area (Å²) >= 11 is 0.973. The lowest BCUT2D eigenvalue weighted by molar-refractivity contribution is -0.116. The van der Waals surface area contributed by atoms with Gasteiger partial charge in [-0.15, -0.1) is 11.3 Å². The molecular formula is C21H22N4O5S. The summed E-state index contributed by atoms with van der Waals surface area (Å²) in [6.07, 6.45) is 1.31. The lowest BCUT2D eigenvalue weighted by atomic mass is 10.1. The minimum Gasteiger partial charge on any atom is -0.462 e. The van der Waals surface area contributed by atoms with Gasteiger partial charge >= 0.3 is 5.97 Å². The summed E-state index contributed by atoms with van der Waals surface area (Å²) in [6, 6.07) is 5.32. The van der Waals surface area contributed by atoms with Gasteiger partial charge in [0.15, 0.2) is 0 Å². The van der Waals surface area contributed by atoms with Crippen molar-refractivity contribution < 1.29 is 19.1 Å². The number of carbonyl (C=O) groups excluding carboxylic acids is 3. The normalized spacial score (nSPS) is 10.7. The highest BCUT2D eigenvalue weighted by Gasteiger charge is 2.26. The van der Waals surface area contributed by atoms with Crippen molar-refractivity contribution in [3.05, 3.63) is 56.4 Å². The number of aryl methyl sites for hydroxylation is 1. The summed E-state index contributed by atoms with van der Waals surface area (Å²) in [7, 11) is 1.48. The molecule has 0 saturated carbocycles. The molecule has 2 aromatic heterocycles. The molecule has 3 aromatic rings. The fourth-order valence-electron chi connectivity index (χ4n) is 3.09. The Morgan fingerprint density at radius 3 is 2.65 bits per heavy atom. The predicted molar refractivity (Wildman–Crippen MR) is 118 cm³/mol. The Bertz CT molecular complexity index is 1240. The molecule has 0 radical (unpaired) electrons. The van der Waals surface area contributed by atoms with Gasteiger partial charge in [-0.05, 0) is 38.5 Å². The number of anilines is 1. The summed E-state index contributed by atoms with van der Waals surface area (Å²) in [5, 5.41) is 5.75. The van der Waals surface area contributed by atoms with Gasteiger partial charge in [0.1, 0.15) is 11.5 Å². The van der Waals surface area contributed by atoms with Gasteiger partial charge in [-0.2, -0.15) is 0 Å². The van der Waals surface area contributed by atoms with Crippen molar-refractivity contribution in [2.24, 2.45) is 0 Å². The number of nitrogens with one attached hydrogen (secondary N) is 2. The Hall–Kier alpha value is -3.53. The second-order valence-electron chi connectivity index (χ2n) is 6.81. The molecule has 0 atom stereocenters. The number of hydrogen-bond donors (Lipinski definition) is 2. The zero-order valence-electron chi connectivity index (χ0n) is 17.6. The zero-order chi connectivity index (χ0) is 22.7. The van der Waals surface area contributed by atoms with Crippen LogP contribution in [0, 0.1) is 13.8 Å². The first kappa shape index (κ1) is 22.2. The Labute approximate surface area is 182 Å². The van der Waals surface area contributed by atoms with E-state index in [2.05, 4.69) is 15.6 Å². The molecule has 2 amide bonds. The molecule has 0 aliphatic rings. The average Bonchev–Trinajstić information content (AvgIpc) is 3.05. The highest BCUT2D eigenvalue weighted by molar-refractivity contribution is 7.18. The monoisotopic (exact) mass is 442 g/mol. The molecule has 0 aliphatic heterocycles. The van der Waals surface area contributed by atoms with E-state index in [0.29, 0.717) is 21.3 Å². The van der Waals surface area contributed by atoms with Crippen molar-refractivity contribution in [3.63, 3.8) is 0 Å². The number of amides is 2. The SMILES string of the molecule is CCOC(=O)c1c(NC(=O)Cn2cnc3ccc(C)cc3c2=O)sc(C(=O)NC)c1C. The standard InChI is InChI=1S/C21H22N4O5S/c1-5-30-21(29)16-12(3)17(18(27)22-4)31-19(16)24-15(26)9-25-10-23-14-7-6-11(2)8-13(14)20(25)28/h6-8,10H,5,9H2,1-4H3,(H,22,27)(H,24,26). The van der Waals surface area contributed by atoms with Crippen molar-refractivity contribution in [1.82, 2.24) is 14.9 Å². The number of benzene rings is 1. The van der Waals surface area contributed by atoms with Crippen molar-refractivity contribution in [2.75, 3.05) is 19.0 Å². The minimum atomic E-state index is -0.637. The van der Waals surface area contributed by atoms with E-state index in [1.165, 1.54) is 17.9 Å². The number of hydrogen-bond acceptors (Lipinski definition) is 7. The van der Waals surface area contributed by atoms with Gasteiger partial charge in [-0.25, -0.2) is 9.78 Å². The number of esters is 1. The van der Waals surface area contributed by atoms with E-state index in [1.807, 2.05) is 13.0 Å². The van der Waals surface area contributed by atoms with Crippen LogP contribution in [0.2, 0.25) is 0 Å². The number of nitrogens with zero attached hydrogens (tertiary/aromatic N) is 2. The lowest BCUT2D eigenvalue weighted by Gasteiger charge is -2.09. The molecule has 0 aliphatic carbocycles.